The summed E-state index contributed by atoms with van der Waals surface area (Å²) >= 11 is 0. The van der Waals surface area contributed by atoms with E-state index >= 15 is 0 Å². The fraction of sp³-hybridized carbons (Fsp3) is 0.444. The number of nitrogens with one attached hydrogen (secondary N) is 1. The van der Waals surface area contributed by atoms with Gasteiger partial charge in [-0.2, -0.15) is 0 Å². The third-order valence-corrected chi connectivity index (χ3v) is 4.14. The molecule has 1 N–H and O–H groups in total. The van der Waals surface area contributed by atoms with Crippen LogP contribution >= 0.6 is 0 Å². The van der Waals surface area contributed by atoms with Gasteiger partial charge in [0.15, 0.2) is 0 Å². The van der Waals surface area contributed by atoms with E-state index in [1.165, 1.54) is 37.8 Å². The van der Waals surface area contributed by atoms with Crippen LogP contribution in [0.2, 0.25) is 0 Å². The summed E-state index contributed by atoms with van der Waals surface area (Å²) in [6, 6.07) is 8.54. The number of hydrogen-bond donors (Lipinski definition) is 1. The Kier molecular flexibility index (Phi) is 5.05. The number of aryl methyl sites for hydroxylation is 1. The van der Waals surface area contributed by atoms with Crippen LogP contribution in [0.15, 0.2) is 30.3 Å². The van der Waals surface area contributed by atoms with Crippen LogP contribution in [0, 0.1) is 12.7 Å². The Morgan fingerprint density at radius 2 is 1.74 bits per heavy atom. The Labute approximate surface area is 136 Å². The summed E-state index contributed by atoms with van der Waals surface area (Å²) in [5.41, 5.74) is 1.03. The van der Waals surface area contributed by atoms with Crippen molar-refractivity contribution < 1.29 is 4.39 Å². The van der Waals surface area contributed by atoms with Crippen molar-refractivity contribution >= 4 is 11.6 Å². The molecule has 122 valence electrons. The fourth-order valence-electron chi connectivity index (χ4n) is 2.90. The molecule has 0 spiro atoms. The summed E-state index contributed by atoms with van der Waals surface area (Å²) in [4.78, 5) is 11.4. The molecule has 0 bridgehead atoms. The average molecular weight is 314 g/mol. The second-order valence-electron chi connectivity index (χ2n) is 6.04. The summed E-state index contributed by atoms with van der Waals surface area (Å²) in [5, 5.41) is 3.32. The molecule has 1 aliphatic heterocycles. The second kappa shape index (κ2) is 7.40. The third kappa shape index (κ3) is 4.41. The molecule has 2 heterocycles. The quantitative estimate of drug-likeness (QED) is 0.929. The van der Waals surface area contributed by atoms with E-state index in [2.05, 4.69) is 20.2 Å². The number of hydrogen-bond acceptors (Lipinski definition) is 4. The Morgan fingerprint density at radius 3 is 2.43 bits per heavy atom. The van der Waals surface area contributed by atoms with Crippen LogP contribution in [-0.4, -0.2) is 23.1 Å². The molecule has 1 aromatic heterocycles. The lowest BCUT2D eigenvalue weighted by Crippen LogP contribution is -2.25. The Balaban J connectivity index is 1.70. The van der Waals surface area contributed by atoms with E-state index in [1.807, 2.05) is 13.0 Å². The van der Waals surface area contributed by atoms with Crippen LogP contribution in [-0.2, 0) is 6.54 Å². The molecule has 0 amide bonds. The largest absolute Gasteiger partial charge is 0.366 e. The topological polar surface area (TPSA) is 41.1 Å². The van der Waals surface area contributed by atoms with Crippen molar-refractivity contribution in [1.29, 1.82) is 0 Å². The zero-order valence-electron chi connectivity index (χ0n) is 13.6. The molecule has 1 aliphatic rings. The van der Waals surface area contributed by atoms with Gasteiger partial charge < -0.3 is 10.2 Å². The molecular formula is C18H23FN4. The van der Waals surface area contributed by atoms with Gasteiger partial charge in [-0.15, -0.1) is 0 Å². The van der Waals surface area contributed by atoms with Crippen molar-refractivity contribution in [2.45, 2.75) is 39.2 Å². The molecule has 4 nitrogen and oxygen atoms in total. The highest BCUT2D eigenvalue weighted by Crippen LogP contribution is 2.20. The maximum Gasteiger partial charge on any atom is 0.134 e. The predicted octanol–water partition coefficient (Wildman–Crippen LogP) is 3.92. The van der Waals surface area contributed by atoms with Gasteiger partial charge >= 0.3 is 0 Å². The van der Waals surface area contributed by atoms with Crippen LogP contribution < -0.4 is 10.2 Å². The number of nitrogens with zero attached hydrogens (tertiary/aromatic N) is 3. The molecule has 1 aromatic carbocycles. The van der Waals surface area contributed by atoms with Gasteiger partial charge in [0.1, 0.15) is 23.3 Å². The van der Waals surface area contributed by atoms with Crippen molar-refractivity contribution in [3.63, 3.8) is 0 Å². The lowest BCUT2D eigenvalue weighted by molar-refractivity contribution is 0.627. The van der Waals surface area contributed by atoms with E-state index in [9.17, 15) is 4.39 Å². The highest BCUT2D eigenvalue weighted by Gasteiger charge is 2.13. The van der Waals surface area contributed by atoms with Gasteiger partial charge in [0.05, 0.1) is 0 Å². The minimum atomic E-state index is -0.213. The minimum absolute atomic E-state index is 0.213. The van der Waals surface area contributed by atoms with Gasteiger partial charge in [0.2, 0.25) is 0 Å². The van der Waals surface area contributed by atoms with Crippen molar-refractivity contribution in [3.05, 3.63) is 47.5 Å². The van der Waals surface area contributed by atoms with Crippen LogP contribution in [0.3, 0.4) is 0 Å². The number of anilines is 2. The van der Waals surface area contributed by atoms with Crippen LogP contribution in [0.25, 0.3) is 0 Å². The van der Waals surface area contributed by atoms with E-state index in [0.29, 0.717) is 6.54 Å². The van der Waals surface area contributed by atoms with E-state index in [1.54, 1.807) is 12.1 Å². The number of aromatic nitrogens is 2. The van der Waals surface area contributed by atoms with Crippen molar-refractivity contribution in [3.8, 4) is 0 Å². The molecule has 3 rings (SSSR count). The van der Waals surface area contributed by atoms with Gasteiger partial charge in [0.25, 0.3) is 0 Å². The zero-order valence-corrected chi connectivity index (χ0v) is 13.6. The molecule has 1 fully saturated rings. The zero-order chi connectivity index (χ0) is 16.1. The number of benzene rings is 1. The fourth-order valence-corrected chi connectivity index (χ4v) is 2.90. The molecule has 1 saturated heterocycles. The lowest BCUT2D eigenvalue weighted by Gasteiger charge is -2.22. The Bertz CT molecular complexity index is 634. The van der Waals surface area contributed by atoms with E-state index in [4.69, 9.17) is 0 Å². The number of rotatable bonds is 4. The summed E-state index contributed by atoms with van der Waals surface area (Å²) in [7, 11) is 0. The third-order valence-electron chi connectivity index (χ3n) is 4.14. The lowest BCUT2D eigenvalue weighted by atomic mass is 10.2. The van der Waals surface area contributed by atoms with Crippen LogP contribution in [0.4, 0.5) is 16.0 Å². The maximum atomic E-state index is 12.9. The molecule has 0 unspecified atom stereocenters. The second-order valence-corrected chi connectivity index (χ2v) is 6.04. The smallest absolute Gasteiger partial charge is 0.134 e. The first-order valence-corrected chi connectivity index (χ1v) is 8.30. The molecule has 0 saturated carbocycles. The summed E-state index contributed by atoms with van der Waals surface area (Å²) in [6.07, 6.45) is 5.05. The van der Waals surface area contributed by atoms with Crippen molar-refractivity contribution in [1.82, 2.24) is 9.97 Å². The van der Waals surface area contributed by atoms with E-state index in [0.717, 1.165) is 36.1 Å². The summed E-state index contributed by atoms with van der Waals surface area (Å²) in [5.74, 6) is 2.38. The molecule has 5 heteroatoms. The van der Waals surface area contributed by atoms with Crippen LogP contribution in [0.1, 0.15) is 37.1 Å². The van der Waals surface area contributed by atoms with Gasteiger partial charge in [-0.1, -0.05) is 25.0 Å². The highest BCUT2D eigenvalue weighted by atomic mass is 19.1. The van der Waals surface area contributed by atoms with E-state index < -0.39 is 0 Å². The molecule has 0 radical (unpaired) electrons. The SMILES string of the molecule is Cc1nc(NCc2ccc(F)cc2)cc(N2CCCCCC2)n1. The molecule has 0 aliphatic carbocycles. The van der Waals surface area contributed by atoms with Gasteiger partial charge in [-0.3, -0.25) is 0 Å². The Hall–Kier alpha value is -2.17. The number of halogens is 1. The standard InChI is InChI=1S/C18H23FN4/c1-14-21-17(20-13-15-6-8-16(19)9-7-15)12-18(22-14)23-10-4-2-3-5-11-23/h6-9,12H,2-5,10-11,13H2,1H3,(H,20,21,22). The molecular weight excluding hydrogens is 291 g/mol. The normalized spacial score (nSPS) is 15.3. The first kappa shape index (κ1) is 15.7. The Morgan fingerprint density at radius 1 is 1.04 bits per heavy atom. The maximum absolute atomic E-state index is 12.9. The van der Waals surface area contributed by atoms with Gasteiger partial charge in [-0.05, 0) is 37.5 Å². The monoisotopic (exact) mass is 314 g/mol. The van der Waals surface area contributed by atoms with Crippen LogP contribution in [0.5, 0.6) is 0 Å². The summed E-state index contributed by atoms with van der Waals surface area (Å²) < 4.78 is 12.9. The average Bonchev–Trinajstić information content (AvgIpc) is 2.83. The minimum Gasteiger partial charge on any atom is -0.366 e. The predicted molar refractivity (Wildman–Crippen MR) is 91.2 cm³/mol. The molecule has 23 heavy (non-hydrogen) atoms. The first-order valence-electron chi connectivity index (χ1n) is 8.30. The first-order chi connectivity index (χ1) is 11.2. The van der Waals surface area contributed by atoms with Gasteiger partial charge in [0, 0.05) is 25.7 Å². The van der Waals surface area contributed by atoms with Gasteiger partial charge in [-0.25, -0.2) is 14.4 Å². The van der Waals surface area contributed by atoms with E-state index in [-0.39, 0.29) is 5.82 Å². The molecule has 0 atom stereocenters. The highest BCUT2D eigenvalue weighted by molar-refractivity contribution is 5.49. The van der Waals surface area contributed by atoms with Crippen molar-refractivity contribution in [2.75, 3.05) is 23.3 Å². The molecule has 2 aromatic rings. The summed E-state index contributed by atoms with van der Waals surface area (Å²) in [6.45, 7) is 4.67. The van der Waals surface area contributed by atoms with Crippen molar-refractivity contribution in [2.24, 2.45) is 0 Å².